The van der Waals surface area contributed by atoms with Gasteiger partial charge in [-0.05, 0) is 44.5 Å². The van der Waals surface area contributed by atoms with Crippen molar-refractivity contribution >= 4 is 17.2 Å². The number of hydrogen-bond donors (Lipinski definition) is 1. The second-order valence-electron chi connectivity index (χ2n) is 4.23. The monoisotopic (exact) mass is 236 g/mol. The van der Waals surface area contributed by atoms with Crippen LogP contribution in [-0.4, -0.2) is 23.5 Å². The lowest BCUT2D eigenvalue weighted by Gasteiger charge is -2.17. The highest BCUT2D eigenvalue weighted by Gasteiger charge is 2.02. The van der Waals surface area contributed by atoms with Gasteiger partial charge in [0.15, 0.2) is 0 Å². The Morgan fingerprint density at radius 3 is 2.69 bits per heavy atom. The molecule has 1 rings (SSSR count). The molecule has 16 heavy (non-hydrogen) atoms. The van der Waals surface area contributed by atoms with Crippen LogP contribution in [0.4, 0.5) is 0 Å². The number of nitrogens with zero attached hydrogens (tertiary/aromatic N) is 1. The molecule has 0 unspecified atom stereocenters. The topological polar surface area (TPSA) is 29.3 Å². The Hall–Kier alpha value is -0.930. The molecule has 88 valence electrons. The molecule has 0 aliphatic rings. The lowest BCUT2D eigenvalue weighted by Crippen LogP contribution is -2.21. The van der Waals surface area contributed by atoms with Crippen LogP contribution in [0.3, 0.4) is 0 Å². The van der Waals surface area contributed by atoms with Crippen molar-refractivity contribution in [2.75, 3.05) is 13.6 Å². The van der Waals surface area contributed by atoms with E-state index < -0.39 is 0 Å². The van der Waals surface area contributed by atoms with E-state index in [9.17, 15) is 0 Å². The van der Waals surface area contributed by atoms with E-state index >= 15 is 0 Å². The van der Waals surface area contributed by atoms with Gasteiger partial charge in [-0.3, -0.25) is 0 Å². The predicted molar refractivity (Wildman–Crippen MR) is 73.5 cm³/mol. The van der Waals surface area contributed by atoms with Crippen LogP contribution in [0.2, 0.25) is 0 Å². The van der Waals surface area contributed by atoms with Crippen molar-refractivity contribution in [3.8, 4) is 0 Å². The molecule has 0 radical (unpaired) electrons. The predicted octanol–water partition coefficient (Wildman–Crippen LogP) is 2.49. The summed E-state index contributed by atoms with van der Waals surface area (Å²) in [6, 6.07) is 8.49. The maximum absolute atomic E-state index is 5.47. The summed E-state index contributed by atoms with van der Waals surface area (Å²) in [5, 5.41) is 0. The van der Waals surface area contributed by atoms with Crippen molar-refractivity contribution in [3.63, 3.8) is 0 Å². The molecule has 0 aromatic heterocycles. The molecule has 0 saturated heterocycles. The minimum absolute atomic E-state index is 0.615. The van der Waals surface area contributed by atoms with Crippen LogP contribution in [0.15, 0.2) is 24.3 Å². The van der Waals surface area contributed by atoms with Crippen molar-refractivity contribution in [1.29, 1.82) is 0 Å². The smallest absolute Gasteiger partial charge is 0.0727 e. The average Bonchev–Trinajstić information content (AvgIpc) is 2.21. The standard InChI is InChI=1S/C13H20N2S/c1-11-6-3-4-7-12(11)10-15(2)9-5-8-13(14)16/h3-4,6-7H,5,8-10H2,1-2H3,(H2,14,16). The molecular weight excluding hydrogens is 216 g/mol. The first-order valence-electron chi connectivity index (χ1n) is 5.61. The normalized spacial score (nSPS) is 10.7. The Kier molecular flexibility index (Phi) is 5.43. The summed E-state index contributed by atoms with van der Waals surface area (Å²) in [5.41, 5.74) is 8.21. The Labute approximate surface area is 103 Å². The Balaban J connectivity index is 2.37. The molecule has 1 aromatic rings. The van der Waals surface area contributed by atoms with Gasteiger partial charge in [0, 0.05) is 6.54 Å². The van der Waals surface area contributed by atoms with Gasteiger partial charge < -0.3 is 10.6 Å². The molecule has 1 aromatic carbocycles. The number of hydrogen-bond acceptors (Lipinski definition) is 2. The summed E-state index contributed by atoms with van der Waals surface area (Å²) >= 11 is 4.86. The van der Waals surface area contributed by atoms with Gasteiger partial charge in [-0.15, -0.1) is 0 Å². The van der Waals surface area contributed by atoms with Gasteiger partial charge in [0.25, 0.3) is 0 Å². The fourth-order valence-electron chi connectivity index (χ4n) is 1.68. The molecular formula is C13H20N2S. The molecule has 2 nitrogen and oxygen atoms in total. The molecule has 0 bridgehead atoms. The highest BCUT2D eigenvalue weighted by Crippen LogP contribution is 2.09. The average molecular weight is 236 g/mol. The van der Waals surface area contributed by atoms with Gasteiger partial charge >= 0.3 is 0 Å². The Morgan fingerprint density at radius 1 is 1.38 bits per heavy atom. The SMILES string of the molecule is Cc1ccccc1CN(C)CCCC(N)=S. The highest BCUT2D eigenvalue weighted by atomic mass is 32.1. The van der Waals surface area contributed by atoms with E-state index in [0.717, 1.165) is 25.9 Å². The summed E-state index contributed by atoms with van der Waals surface area (Å²) in [5.74, 6) is 0. The molecule has 0 aliphatic carbocycles. The fraction of sp³-hybridized carbons (Fsp3) is 0.462. The third-order valence-electron chi connectivity index (χ3n) is 2.66. The third-order valence-corrected chi connectivity index (χ3v) is 2.87. The Morgan fingerprint density at radius 2 is 2.06 bits per heavy atom. The van der Waals surface area contributed by atoms with Gasteiger partial charge in [-0.25, -0.2) is 0 Å². The van der Waals surface area contributed by atoms with Crippen LogP contribution in [0.25, 0.3) is 0 Å². The molecule has 2 N–H and O–H groups in total. The van der Waals surface area contributed by atoms with E-state index in [2.05, 4.69) is 43.1 Å². The van der Waals surface area contributed by atoms with Gasteiger partial charge in [-0.2, -0.15) is 0 Å². The molecule has 0 fully saturated rings. The zero-order valence-corrected chi connectivity index (χ0v) is 10.9. The number of aryl methyl sites for hydroxylation is 1. The fourth-order valence-corrected chi connectivity index (χ4v) is 1.82. The third kappa shape index (κ3) is 4.73. The highest BCUT2D eigenvalue weighted by molar-refractivity contribution is 7.80. The molecule has 0 aliphatic heterocycles. The van der Waals surface area contributed by atoms with Gasteiger partial charge in [-0.1, -0.05) is 36.5 Å². The number of benzene rings is 1. The van der Waals surface area contributed by atoms with Gasteiger partial charge in [0.05, 0.1) is 4.99 Å². The number of rotatable bonds is 6. The minimum Gasteiger partial charge on any atom is -0.393 e. The van der Waals surface area contributed by atoms with E-state index in [0.29, 0.717) is 4.99 Å². The number of thiocarbonyl (C=S) groups is 1. The van der Waals surface area contributed by atoms with Crippen LogP contribution in [0.1, 0.15) is 24.0 Å². The minimum atomic E-state index is 0.615. The maximum Gasteiger partial charge on any atom is 0.0727 e. The van der Waals surface area contributed by atoms with Crippen LogP contribution in [0.5, 0.6) is 0 Å². The van der Waals surface area contributed by atoms with Crippen molar-refractivity contribution in [2.24, 2.45) is 5.73 Å². The quantitative estimate of drug-likeness (QED) is 0.770. The summed E-state index contributed by atoms with van der Waals surface area (Å²) in [4.78, 5) is 2.92. The van der Waals surface area contributed by atoms with E-state index in [1.807, 2.05) is 0 Å². The van der Waals surface area contributed by atoms with Crippen molar-refractivity contribution in [2.45, 2.75) is 26.3 Å². The summed E-state index contributed by atoms with van der Waals surface area (Å²) in [7, 11) is 2.13. The molecule has 0 atom stereocenters. The van der Waals surface area contributed by atoms with E-state index in [4.69, 9.17) is 18.0 Å². The van der Waals surface area contributed by atoms with Crippen molar-refractivity contribution < 1.29 is 0 Å². The largest absolute Gasteiger partial charge is 0.393 e. The summed E-state index contributed by atoms with van der Waals surface area (Å²) in [6.45, 7) is 4.17. The van der Waals surface area contributed by atoms with Crippen LogP contribution in [0, 0.1) is 6.92 Å². The van der Waals surface area contributed by atoms with Crippen LogP contribution < -0.4 is 5.73 Å². The molecule has 3 heteroatoms. The van der Waals surface area contributed by atoms with Crippen LogP contribution >= 0.6 is 12.2 Å². The summed E-state index contributed by atoms with van der Waals surface area (Å²) in [6.07, 6.45) is 1.88. The van der Waals surface area contributed by atoms with Gasteiger partial charge in [0.2, 0.25) is 0 Å². The molecule has 0 heterocycles. The zero-order chi connectivity index (χ0) is 12.0. The molecule has 0 saturated carbocycles. The maximum atomic E-state index is 5.47. The first-order valence-corrected chi connectivity index (χ1v) is 6.02. The van der Waals surface area contributed by atoms with Crippen molar-refractivity contribution in [3.05, 3.63) is 35.4 Å². The first kappa shape index (κ1) is 13.1. The molecule has 0 spiro atoms. The molecule has 0 amide bonds. The van der Waals surface area contributed by atoms with Crippen LogP contribution in [-0.2, 0) is 6.54 Å². The number of nitrogens with two attached hydrogens (primary N) is 1. The second kappa shape index (κ2) is 6.61. The second-order valence-corrected chi connectivity index (χ2v) is 4.76. The lowest BCUT2D eigenvalue weighted by molar-refractivity contribution is 0.324. The Bertz CT molecular complexity index is 350. The van der Waals surface area contributed by atoms with E-state index in [1.54, 1.807) is 0 Å². The zero-order valence-electron chi connectivity index (χ0n) is 10.1. The van der Waals surface area contributed by atoms with Gasteiger partial charge in [0.1, 0.15) is 0 Å². The first-order chi connectivity index (χ1) is 7.59. The van der Waals surface area contributed by atoms with Crippen molar-refractivity contribution in [1.82, 2.24) is 4.90 Å². The summed E-state index contributed by atoms with van der Waals surface area (Å²) < 4.78 is 0. The lowest BCUT2D eigenvalue weighted by atomic mass is 10.1. The van der Waals surface area contributed by atoms with E-state index in [1.165, 1.54) is 11.1 Å². The van der Waals surface area contributed by atoms with E-state index in [-0.39, 0.29) is 0 Å².